The molecule has 0 unspecified atom stereocenters. The van der Waals surface area contributed by atoms with Crippen molar-refractivity contribution < 1.29 is 0 Å². The van der Waals surface area contributed by atoms with Gasteiger partial charge in [-0.15, -0.1) is 11.6 Å². The molecule has 0 aromatic carbocycles. The molecule has 0 aliphatic heterocycles. The van der Waals surface area contributed by atoms with Gasteiger partial charge in [0.25, 0.3) is 0 Å². The maximum Gasteiger partial charge on any atom is 0.0378 e. The van der Waals surface area contributed by atoms with Crippen molar-refractivity contribution in [3.05, 3.63) is 0 Å². The normalized spacial score (nSPS) is 10.4. The van der Waals surface area contributed by atoms with Crippen LogP contribution in [0.4, 0.5) is 0 Å². The smallest absolute Gasteiger partial charge is 0.0378 e. The first kappa shape index (κ1) is 11.5. The van der Waals surface area contributed by atoms with E-state index in [-0.39, 0.29) is 0 Å². The van der Waals surface area contributed by atoms with E-state index in [9.17, 15) is 0 Å². The van der Waals surface area contributed by atoms with E-state index in [4.69, 9.17) is 11.6 Å². The van der Waals surface area contributed by atoms with Gasteiger partial charge in [-0.05, 0) is 6.42 Å². The fourth-order valence-electron chi connectivity index (χ4n) is 0.994. The Morgan fingerprint density at radius 2 is 1.73 bits per heavy atom. The van der Waals surface area contributed by atoms with Gasteiger partial charge in [0.05, 0.1) is 0 Å². The molecule has 0 amide bonds. The molecule has 0 bridgehead atoms. The summed E-state index contributed by atoms with van der Waals surface area (Å²) in [5.74, 6) is 0.849. The van der Waals surface area contributed by atoms with Crippen molar-refractivity contribution in [2.45, 2.75) is 51.1 Å². The fourth-order valence-corrected chi connectivity index (χ4v) is 2.53. The van der Waals surface area contributed by atoms with Gasteiger partial charge in [-0.3, -0.25) is 0 Å². The summed E-state index contributed by atoms with van der Waals surface area (Å²) in [5.41, 5.74) is 0. The van der Waals surface area contributed by atoms with Crippen molar-refractivity contribution >= 4 is 21.1 Å². The molecule has 2 heteroatoms. The molecule has 0 saturated heterocycles. The Hall–Kier alpha value is 0.507. The molecule has 0 N–H and O–H groups in total. The summed E-state index contributed by atoms with van der Waals surface area (Å²) in [6.45, 7) is 2.26. The zero-order chi connectivity index (χ0) is 8.36. The van der Waals surface area contributed by atoms with Crippen LogP contribution in [0.3, 0.4) is 0 Å². The van der Waals surface area contributed by atoms with E-state index in [0.29, 0.717) is 0 Å². The van der Waals surface area contributed by atoms with Crippen LogP contribution in [-0.4, -0.2) is 15.4 Å². The second-order valence-electron chi connectivity index (χ2n) is 2.85. The minimum Gasteiger partial charge on any atom is -0.127 e. The number of halogens is 1. The summed E-state index contributed by atoms with van der Waals surface area (Å²) < 4.78 is 0. The van der Waals surface area contributed by atoms with E-state index in [0.717, 1.165) is 5.88 Å². The lowest BCUT2D eigenvalue weighted by atomic mass is 10.2. The van der Waals surface area contributed by atoms with Crippen LogP contribution in [0, 0.1) is 0 Å². The summed E-state index contributed by atoms with van der Waals surface area (Å²) in [6.07, 6.45) is 6.86. The molecule has 2 radical (unpaired) electrons. The topological polar surface area (TPSA) is 0 Å². The Balaban J connectivity index is 2.69. The van der Waals surface area contributed by atoms with E-state index in [1.165, 1.54) is 53.7 Å². The SMILES string of the molecule is CCCCCC[Si]CCCCl. The third kappa shape index (κ3) is 10.5. The third-order valence-corrected chi connectivity index (χ3v) is 3.38. The minimum atomic E-state index is 0.849. The van der Waals surface area contributed by atoms with Crippen LogP contribution in [0.15, 0.2) is 0 Å². The number of rotatable bonds is 8. The van der Waals surface area contributed by atoms with Crippen LogP contribution in [0.25, 0.3) is 0 Å². The van der Waals surface area contributed by atoms with Crippen LogP contribution in [0.5, 0.6) is 0 Å². The molecule has 66 valence electrons. The van der Waals surface area contributed by atoms with Gasteiger partial charge in [-0.25, -0.2) is 0 Å². The molecule has 0 aliphatic rings. The van der Waals surface area contributed by atoms with Gasteiger partial charge in [-0.2, -0.15) is 0 Å². The molecule has 0 rings (SSSR count). The molecule has 0 aromatic rings. The Morgan fingerprint density at radius 1 is 1.00 bits per heavy atom. The average Bonchev–Trinajstić information content (AvgIpc) is 2.03. The molecular weight excluding hydrogens is 172 g/mol. The molecule has 0 aromatic heterocycles. The second kappa shape index (κ2) is 10.5. The van der Waals surface area contributed by atoms with Gasteiger partial charge >= 0.3 is 0 Å². The molecular formula is C9H19ClSi. The Morgan fingerprint density at radius 3 is 2.36 bits per heavy atom. The standard InChI is InChI=1S/C9H19ClSi/c1-2-3-4-5-8-11-9-6-7-10/h2-9H2,1H3. The first-order chi connectivity index (χ1) is 5.41. The van der Waals surface area contributed by atoms with Crippen molar-refractivity contribution in [2.24, 2.45) is 0 Å². The maximum absolute atomic E-state index is 5.57. The van der Waals surface area contributed by atoms with Crippen molar-refractivity contribution in [3.8, 4) is 0 Å². The van der Waals surface area contributed by atoms with Gasteiger partial charge in [0.15, 0.2) is 0 Å². The zero-order valence-corrected chi connectivity index (χ0v) is 9.29. The summed E-state index contributed by atoms with van der Waals surface area (Å²) in [5, 5.41) is 0. The first-order valence-electron chi connectivity index (χ1n) is 4.68. The van der Waals surface area contributed by atoms with E-state index in [1.807, 2.05) is 0 Å². The van der Waals surface area contributed by atoms with Crippen molar-refractivity contribution in [3.63, 3.8) is 0 Å². The van der Waals surface area contributed by atoms with Crippen LogP contribution >= 0.6 is 11.6 Å². The van der Waals surface area contributed by atoms with E-state index in [2.05, 4.69) is 6.92 Å². The number of hydrogen-bond donors (Lipinski definition) is 0. The molecule has 0 fully saturated rings. The minimum absolute atomic E-state index is 0.849. The highest BCUT2D eigenvalue weighted by atomic mass is 35.5. The largest absolute Gasteiger partial charge is 0.127 e. The predicted octanol–water partition coefficient (Wildman–Crippen LogP) is 3.74. The molecule has 0 spiro atoms. The second-order valence-corrected chi connectivity index (χ2v) is 4.73. The van der Waals surface area contributed by atoms with Crippen LogP contribution in [-0.2, 0) is 0 Å². The van der Waals surface area contributed by atoms with Crippen molar-refractivity contribution in [1.29, 1.82) is 0 Å². The number of unbranched alkanes of at least 4 members (excludes halogenated alkanes) is 3. The zero-order valence-electron chi connectivity index (χ0n) is 7.53. The molecule has 0 saturated carbocycles. The predicted molar refractivity (Wildman–Crippen MR) is 54.8 cm³/mol. The van der Waals surface area contributed by atoms with Gasteiger partial charge in [0, 0.05) is 15.4 Å². The van der Waals surface area contributed by atoms with Gasteiger partial charge in [0.1, 0.15) is 0 Å². The molecule has 0 atom stereocenters. The average molecular weight is 191 g/mol. The van der Waals surface area contributed by atoms with Crippen molar-refractivity contribution in [2.75, 3.05) is 5.88 Å². The van der Waals surface area contributed by atoms with Gasteiger partial charge in [-0.1, -0.05) is 44.7 Å². The molecule has 11 heavy (non-hydrogen) atoms. The van der Waals surface area contributed by atoms with E-state index >= 15 is 0 Å². The molecule has 0 heterocycles. The Kier molecular flexibility index (Phi) is 11.0. The number of alkyl halides is 1. The van der Waals surface area contributed by atoms with Gasteiger partial charge in [0.2, 0.25) is 0 Å². The quantitative estimate of drug-likeness (QED) is 0.311. The Labute approximate surface area is 78.5 Å². The van der Waals surface area contributed by atoms with Crippen LogP contribution in [0.2, 0.25) is 12.1 Å². The molecule has 0 nitrogen and oxygen atoms in total. The molecule has 0 aliphatic carbocycles. The lowest BCUT2D eigenvalue weighted by molar-refractivity contribution is 0.699. The monoisotopic (exact) mass is 190 g/mol. The maximum atomic E-state index is 5.57. The van der Waals surface area contributed by atoms with Crippen LogP contribution in [0.1, 0.15) is 39.0 Å². The summed E-state index contributed by atoms with van der Waals surface area (Å²) >= 11 is 5.57. The fraction of sp³-hybridized carbons (Fsp3) is 1.00. The summed E-state index contributed by atoms with van der Waals surface area (Å²) in [6, 6.07) is 2.80. The van der Waals surface area contributed by atoms with Gasteiger partial charge < -0.3 is 0 Å². The highest BCUT2D eigenvalue weighted by molar-refractivity contribution is 6.35. The lowest BCUT2D eigenvalue weighted by Gasteiger charge is -1.97. The van der Waals surface area contributed by atoms with Crippen molar-refractivity contribution in [1.82, 2.24) is 0 Å². The number of hydrogen-bond acceptors (Lipinski definition) is 0. The van der Waals surface area contributed by atoms with E-state index in [1.54, 1.807) is 0 Å². The first-order valence-corrected chi connectivity index (χ1v) is 6.63. The Bertz CT molecular complexity index is 58.6. The van der Waals surface area contributed by atoms with Crippen LogP contribution < -0.4 is 0 Å². The summed E-state index contributed by atoms with van der Waals surface area (Å²) in [4.78, 5) is 0. The van der Waals surface area contributed by atoms with E-state index < -0.39 is 0 Å². The lowest BCUT2D eigenvalue weighted by Crippen LogP contribution is -1.89. The highest BCUT2D eigenvalue weighted by Gasteiger charge is 1.90. The third-order valence-electron chi connectivity index (χ3n) is 1.69. The highest BCUT2D eigenvalue weighted by Crippen LogP contribution is 2.04. The summed E-state index contributed by atoms with van der Waals surface area (Å²) in [7, 11) is 1.17.